The molecule has 0 saturated carbocycles. The van der Waals surface area contributed by atoms with E-state index in [1.165, 1.54) is 24.3 Å². The van der Waals surface area contributed by atoms with Crippen LogP contribution < -0.4 is 11.1 Å². The Labute approximate surface area is 300 Å². The molecule has 0 radical (unpaired) electrons. The van der Waals surface area contributed by atoms with Crippen molar-refractivity contribution in [1.82, 2.24) is 5.32 Å². The summed E-state index contributed by atoms with van der Waals surface area (Å²) >= 11 is 0. The number of fused-ring (bicyclic) bond motifs is 4. The number of rotatable bonds is 10. The molecule has 6 fully saturated rings. The molecule has 298 valence electrons. The van der Waals surface area contributed by atoms with E-state index in [1.54, 1.807) is 0 Å². The van der Waals surface area contributed by atoms with Crippen LogP contribution in [0.4, 0.5) is 5.69 Å². The molecule has 7 rings (SSSR count). The first-order valence-electron chi connectivity index (χ1n) is 17.0. The first-order chi connectivity index (χ1) is 25.3. The molecule has 6 heterocycles. The second kappa shape index (κ2) is 15.3. The van der Waals surface area contributed by atoms with Gasteiger partial charge in [0.1, 0.15) is 91.6 Å². The Morgan fingerprint density at radius 2 is 1.32 bits per heavy atom. The molecule has 22 nitrogen and oxygen atoms in total. The molecule has 6 aliphatic rings. The number of ether oxygens (including phenoxy) is 9. The largest absolute Gasteiger partial charge is 0.399 e. The first kappa shape index (κ1) is 39.0. The topological polar surface area (TPSA) is 340 Å². The summed E-state index contributed by atoms with van der Waals surface area (Å²) < 4.78 is 51.6. The number of carbonyl (C=O) groups is 1. The van der Waals surface area contributed by atoms with Gasteiger partial charge in [-0.2, -0.15) is 0 Å². The Kier molecular flexibility index (Phi) is 11.3. The molecule has 1 aromatic rings. The number of hydrogen-bond donors (Lipinski definition) is 12. The van der Waals surface area contributed by atoms with Crippen LogP contribution in [0.1, 0.15) is 10.4 Å². The lowest BCUT2D eigenvalue weighted by atomic mass is 9.95. The Bertz CT molecular complexity index is 1430. The lowest BCUT2D eigenvalue weighted by Gasteiger charge is -2.50. The van der Waals surface area contributed by atoms with E-state index in [1.807, 2.05) is 0 Å². The fourth-order valence-electron chi connectivity index (χ4n) is 7.36. The number of amides is 1. The molecule has 1 amide bonds. The third-order valence-electron chi connectivity index (χ3n) is 10.3. The fraction of sp³-hybridized carbons (Fsp3) is 0.774. The molecule has 53 heavy (non-hydrogen) atoms. The normalized spacial score (nSPS) is 49.5. The molecule has 1 aromatic carbocycles. The van der Waals surface area contributed by atoms with Gasteiger partial charge in [0.15, 0.2) is 25.0 Å². The van der Waals surface area contributed by atoms with Crippen LogP contribution in [0.25, 0.3) is 0 Å². The first-order valence-corrected chi connectivity index (χ1v) is 17.0. The average Bonchev–Trinajstić information content (AvgIpc) is 3.63. The van der Waals surface area contributed by atoms with Gasteiger partial charge in [-0.1, -0.05) is 0 Å². The molecule has 0 spiro atoms. The molecular formula is C31H44N2O20. The van der Waals surface area contributed by atoms with Crippen molar-refractivity contribution in [2.24, 2.45) is 0 Å². The van der Waals surface area contributed by atoms with Gasteiger partial charge < -0.3 is 99.4 Å². The maximum atomic E-state index is 13.4. The summed E-state index contributed by atoms with van der Waals surface area (Å²) in [4.78, 5) is 13.4. The summed E-state index contributed by atoms with van der Waals surface area (Å²) in [5.41, 5.74) is 6.09. The van der Waals surface area contributed by atoms with Gasteiger partial charge in [-0.15, -0.1) is 0 Å². The third-order valence-corrected chi connectivity index (χ3v) is 10.3. The quantitative estimate of drug-likeness (QED) is 0.0777. The number of nitrogens with two attached hydrogens (primary N) is 1. The lowest BCUT2D eigenvalue weighted by Crippen LogP contribution is -2.74. The van der Waals surface area contributed by atoms with Gasteiger partial charge in [-0.3, -0.25) is 10.1 Å². The molecule has 0 unspecified atom stereocenters. The minimum Gasteiger partial charge on any atom is -0.399 e. The van der Waals surface area contributed by atoms with Crippen LogP contribution in [-0.4, -0.2) is 206 Å². The van der Waals surface area contributed by atoms with Crippen LogP contribution in [-0.2, 0) is 42.6 Å². The lowest BCUT2D eigenvalue weighted by molar-refractivity contribution is -0.404. The highest BCUT2D eigenvalue weighted by atomic mass is 16.8. The van der Waals surface area contributed by atoms with Crippen LogP contribution in [0.3, 0.4) is 0 Å². The van der Waals surface area contributed by atoms with Crippen LogP contribution in [0.15, 0.2) is 24.3 Å². The minimum absolute atomic E-state index is 0.0220. The van der Waals surface area contributed by atoms with Gasteiger partial charge in [-0.25, -0.2) is 0 Å². The summed E-state index contributed by atoms with van der Waals surface area (Å²) in [5.74, 6) is -3.56. The Balaban J connectivity index is 1.08. The molecule has 6 aliphatic heterocycles. The number of nitrogens with one attached hydrogen (secondary N) is 1. The molecule has 13 N–H and O–H groups in total. The van der Waals surface area contributed by atoms with Crippen LogP contribution >= 0.6 is 0 Å². The summed E-state index contributed by atoms with van der Waals surface area (Å²) in [6.45, 7) is -1.96. The van der Waals surface area contributed by atoms with E-state index in [0.29, 0.717) is 5.69 Å². The second-order valence-corrected chi connectivity index (χ2v) is 13.7. The van der Waals surface area contributed by atoms with Crippen LogP contribution in [0.2, 0.25) is 0 Å². The highest BCUT2D eigenvalue weighted by Crippen LogP contribution is 2.40. The van der Waals surface area contributed by atoms with Crippen molar-refractivity contribution < 1.29 is 98.5 Å². The number of nitrogen functional groups attached to an aromatic ring is 1. The van der Waals surface area contributed by atoms with Gasteiger partial charge in [0.2, 0.25) is 0 Å². The summed E-state index contributed by atoms with van der Waals surface area (Å²) in [7, 11) is 0. The van der Waals surface area contributed by atoms with Crippen molar-refractivity contribution in [3.63, 3.8) is 0 Å². The van der Waals surface area contributed by atoms with Crippen molar-refractivity contribution in [2.45, 2.75) is 122 Å². The third kappa shape index (κ3) is 7.05. The number of benzene rings is 1. The maximum Gasteiger partial charge on any atom is 0.282 e. The standard InChI is InChI=1S/C31H44N2O20/c32-10-3-1-9(2-4-10)27(43)33-31(26(42)17(38)15(36)12(6-35)52-31)53-22-14-8-46-25(22)20(41)30(49-14)51-23-16(37)11(5-34)48-29(19(23)40)50-21-13-7-45-24(21)18(39)28(44)47-13/h1-4,11-26,28-30,34-42,44H,5-8,32H2,(H,33,43)/t11-,12-,13+,14+,15+,16-,17+,18+,19-,20+,21+,22+,23+,24+,25+,26-,28-,29+,30+,31+/m1/s1. The van der Waals surface area contributed by atoms with Crippen molar-refractivity contribution in [3.05, 3.63) is 29.8 Å². The van der Waals surface area contributed by atoms with E-state index in [9.17, 15) is 55.9 Å². The zero-order valence-electron chi connectivity index (χ0n) is 27.7. The second-order valence-electron chi connectivity index (χ2n) is 13.7. The van der Waals surface area contributed by atoms with Gasteiger partial charge in [0.05, 0.1) is 26.4 Å². The van der Waals surface area contributed by atoms with Crippen molar-refractivity contribution in [3.8, 4) is 0 Å². The number of aliphatic hydroxyl groups excluding tert-OH is 10. The molecule has 4 bridgehead atoms. The zero-order valence-corrected chi connectivity index (χ0v) is 27.7. The molecule has 0 aliphatic carbocycles. The summed E-state index contributed by atoms with van der Waals surface area (Å²) in [6.07, 6.45) is -29.1. The maximum absolute atomic E-state index is 13.4. The van der Waals surface area contributed by atoms with Gasteiger partial charge in [0.25, 0.3) is 11.8 Å². The van der Waals surface area contributed by atoms with E-state index in [0.717, 1.165) is 0 Å². The van der Waals surface area contributed by atoms with E-state index in [-0.39, 0.29) is 18.8 Å². The van der Waals surface area contributed by atoms with Gasteiger partial charge >= 0.3 is 0 Å². The Morgan fingerprint density at radius 1 is 0.717 bits per heavy atom. The highest BCUT2D eigenvalue weighted by molar-refractivity contribution is 5.94. The van der Waals surface area contributed by atoms with E-state index in [2.05, 4.69) is 5.32 Å². The SMILES string of the molecule is Nc1ccc(C(=O)N[C@]2(O[C@@H]3[C@H]4OC[C@@H]3O[C@@H](O[C@@H]3[C@@H](O)[C@H](O[C@@H]5[C@H]6OC[C@@H]5O[C@@H](O)[C@H]6O)O[C@H](CO)[C@H]3O)[C@H]4O)O[C@H](CO)[C@H](O)[C@H](O)[C@H]2O)cc1. The van der Waals surface area contributed by atoms with Crippen molar-refractivity contribution in [2.75, 3.05) is 32.2 Å². The van der Waals surface area contributed by atoms with E-state index in [4.69, 9.17) is 48.4 Å². The van der Waals surface area contributed by atoms with Gasteiger partial charge in [-0.05, 0) is 24.3 Å². The highest BCUT2D eigenvalue weighted by Gasteiger charge is 2.62. The number of anilines is 1. The minimum atomic E-state index is -2.67. The fourth-order valence-corrected chi connectivity index (χ4v) is 7.36. The number of aliphatic hydroxyl groups is 10. The summed E-state index contributed by atoms with van der Waals surface area (Å²) in [6, 6.07) is 5.57. The Hall–Kier alpha value is -2.27. The van der Waals surface area contributed by atoms with Crippen molar-refractivity contribution in [1.29, 1.82) is 0 Å². The van der Waals surface area contributed by atoms with Gasteiger partial charge in [0, 0.05) is 11.3 Å². The smallest absolute Gasteiger partial charge is 0.282 e. The average molecular weight is 765 g/mol. The molecule has 20 atom stereocenters. The monoisotopic (exact) mass is 764 g/mol. The van der Waals surface area contributed by atoms with Crippen LogP contribution in [0, 0.1) is 0 Å². The number of carbonyl (C=O) groups excluding carboxylic acids is 1. The van der Waals surface area contributed by atoms with Crippen LogP contribution in [0.5, 0.6) is 0 Å². The molecular weight excluding hydrogens is 720 g/mol. The molecule has 6 saturated heterocycles. The number of hydrogen-bond acceptors (Lipinski definition) is 21. The zero-order chi connectivity index (χ0) is 37.9. The van der Waals surface area contributed by atoms with E-state index >= 15 is 0 Å². The molecule has 0 aromatic heterocycles. The summed E-state index contributed by atoms with van der Waals surface area (Å²) in [5, 5.41) is 109. The Morgan fingerprint density at radius 3 is 1.98 bits per heavy atom. The van der Waals surface area contributed by atoms with E-state index < -0.39 is 142 Å². The predicted octanol–water partition coefficient (Wildman–Crippen LogP) is -7.32. The molecule has 22 heteroatoms. The van der Waals surface area contributed by atoms with Crippen molar-refractivity contribution >= 4 is 11.6 Å². The predicted molar refractivity (Wildman–Crippen MR) is 164 cm³/mol.